The number of unbranched alkanes of at least 4 members (excludes halogenated alkanes) is 3. The van der Waals surface area contributed by atoms with E-state index >= 15 is 0 Å². The molecule has 1 heterocycles. The fourth-order valence-corrected chi connectivity index (χ4v) is 2.01. The molecule has 3 nitrogen and oxygen atoms in total. The molecule has 0 spiro atoms. The molecular formula is C12H26N2O. The fraction of sp³-hybridized carbons (Fsp3) is 1.00. The van der Waals surface area contributed by atoms with Crippen molar-refractivity contribution < 1.29 is 4.74 Å². The van der Waals surface area contributed by atoms with E-state index in [1.54, 1.807) is 7.11 Å². The van der Waals surface area contributed by atoms with Crippen LogP contribution in [0.5, 0.6) is 0 Å². The molecule has 90 valence electrons. The van der Waals surface area contributed by atoms with Crippen LogP contribution in [0.1, 0.15) is 25.7 Å². The Morgan fingerprint density at radius 1 is 0.933 bits per heavy atom. The molecule has 0 aromatic carbocycles. The van der Waals surface area contributed by atoms with E-state index in [2.05, 4.69) is 16.8 Å². The summed E-state index contributed by atoms with van der Waals surface area (Å²) in [6, 6.07) is 0. The summed E-state index contributed by atoms with van der Waals surface area (Å²) >= 11 is 0. The summed E-state index contributed by atoms with van der Waals surface area (Å²) in [5.41, 5.74) is 0. The van der Waals surface area contributed by atoms with Crippen molar-refractivity contribution in [1.29, 1.82) is 0 Å². The predicted octanol–water partition coefficient (Wildman–Crippen LogP) is 1.44. The topological polar surface area (TPSA) is 15.7 Å². The summed E-state index contributed by atoms with van der Waals surface area (Å²) in [5, 5.41) is 0. The lowest BCUT2D eigenvalue weighted by atomic mass is 10.2. The van der Waals surface area contributed by atoms with Gasteiger partial charge in [0.2, 0.25) is 0 Å². The van der Waals surface area contributed by atoms with Crippen LogP contribution < -0.4 is 0 Å². The van der Waals surface area contributed by atoms with Crippen LogP contribution in [0.2, 0.25) is 0 Å². The molecule has 0 N–H and O–H groups in total. The van der Waals surface area contributed by atoms with Gasteiger partial charge in [0.25, 0.3) is 0 Å². The summed E-state index contributed by atoms with van der Waals surface area (Å²) in [4.78, 5) is 5.01. The van der Waals surface area contributed by atoms with Crippen LogP contribution in [-0.2, 0) is 4.74 Å². The zero-order chi connectivity index (χ0) is 10.9. The van der Waals surface area contributed by atoms with Crippen molar-refractivity contribution in [2.75, 3.05) is 53.5 Å². The number of rotatable bonds is 7. The van der Waals surface area contributed by atoms with E-state index in [0.29, 0.717) is 0 Å². The van der Waals surface area contributed by atoms with Crippen LogP contribution in [0.15, 0.2) is 0 Å². The van der Waals surface area contributed by atoms with E-state index in [9.17, 15) is 0 Å². The third kappa shape index (κ3) is 6.13. The molecule has 1 rings (SSSR count). The molecule has 15 heavy (non-hydrogen) atoms. The molecule has 1 fully saturated rings. The van der Waals surface area contributed by atoms with Crippen LogP contribution in [0.3, 0.4) is 0 Å². The standard InChI is InChI=1S/C12H26N2O/c1-13-8-10-14(11-9-13)7-5-3-4-6-12-15-2/h3-12H2,1-2H3. The number of hydrogen-bond donors (Lipinski definition) is 0. The van der Waals surface area contributed by atoms with Gasteiger partial charge in [-0.2, -0.15) is 0 Å². The second-order valence-corrected chi connectivity index (χ2v) is 4.55. The monoisotopic (exact) mass is 214 g/mol. The predicted molar refractivity (Wildman–Crippen MR) is 64.3 cm³/mol. The smallest absolute Gasteiger partial charge is 0.0462 e. The zero-order valence-corrected chi connectivity index (χ0v) is 10.4. The third-order valence-corrected chi connectivity index (χ3v) is 3.17. The lowest BCUT2D eigenvalue weighted by Gasteiger charge is -2.32. The quantitative estimate of drug-likeness (QED) is 0.596. The Bertz CT molecular complexity index is 145. The van der Waals surface area contributed by atoms with Crippen molar-refractivity contribution in [1.82, 2.24) is 9.80 Å². The summed E-state index contributed by atoms with van der Waals surface area (Å²) in [5.74, 6) is 0. The maximum atomic E-state index is 5.03. The summed E-state index contributed by atoms with van der Waals surface area (Å²) in [7, 11) is 3.99. The maximum Gasteiger partial charge on any atom is 0.0462 e. The average molecular weight is 214 g/mol. The van der Waals surface area contributed by atoms with Crippen molar-refractivity contribution in [3.05, 3.63) is 0 Å². The van der Waals surface area contributed by atoms with Crippen molar-refractivity contribution >= 4 is 0 Å². The molecule has 0 aromatic heterocycles. The molecule has 1 aliphatic rings. The largest absolute Gasteiger partial charge is 0.385 e. The zero-order valence-electron chi connectivity index (χ0n) is 10.4. The first-order valence-corrected chi connectivity index (χ1v) is 6.23. The number of hydrogen-bond acceptors (Lipinski definition) is 3. The Hall–Kier alpha value is -0.120. The third-order valence-electron chi connectivity index (χ3n) is 3.17. The highest BCUT2D eigenvalue weighted by Gasteiger charge is 2.12. The molecule has 0 bridgehead atoms. The molecule has 0 saturated carbocycles. The highest BCUT2D eigenvalue weighted by molar-refractivity contribution is 4.68. The molecule has 0 unspecified atom stereocenters. The summed E-state index contributed by atoms with van der Waals surface area (Å²) in [6.45, 7) is 7.21. The van der Waals surface area contributed by atoms with Gasteiger partial charge in [0.1, 0.15) is 0 Å². The van der Waals surface area contributed by atoms with Gasteiger partial charge in [-0.25, -0.2) is 0 Å². The lowest BCUT2D eigenvalue weighted by Crippen LogP contribution is -2.44. The maximum absolute atomic E-state index is 5.03. The number of piperazine rings is 1. The molecule has 3 heteroatoms. The van der Waals surface area contributed by atoms with Crippen molar-refractivity contribution in [3.63, 3.8) is 0 Å². The SMILES string of the molecule is COCCCCCCN1CCN(C)CC1. The van der Waals surface area contributed by atoms with E-state index in [0.717, 1.165) is 6.61 Å². The van der Waals surface area contributed by atoms with Gasteiger partial charge in [-0.1, -0.05) is 12.8 Å². The first-order chi connectivity index (χ1) is 7.33. The van der Waals surface area contributed by atoms with Gasteiger partial charge in [0.15, 0.2) is 0 Å². The molecule has 0 aliphatic carbocycles. The minimum atomic E-state index is 0.925. The second-order valence-electron chi connectivity index (χ2n) is 4.55. The fourth-order valence-electron chi connectivity index (χ4n) is 2.01. The van der Waals surface area contributed by atoms with Gasteiger partial charge in [-0.3, -0.25) is 0 Å². The van der Waals surface area contributed by atoms with Gasteiger partial charge >= 0.3 is 0 Å². The van der Waals surface area contributed by atoms with Gasteiger partial charge in [0, 0.05) is 39.9 Å². The highest BCUT2D eigenvalue weighted by Crippen LogP contribution is 2.04. The first kappa shape index (κ1) is 12.9. The van der Waals surface area contributed by atoms with Gasteiger partial charge in [-0.05, 0) is 26.4 Å². The lowest BCUT2D eigenvalue weighted by molar-refractivity contribution is 0.151. The number of nitrogens with zero attached hydrogens (tertiary/aromatic N) is 2. The van der Waals surface area contributed by atoms with E-state index in [1.807, 2.05) is 0 Å². The normalized spacial score (nSPS) is 19.6. The minimum Gasteiger partial charge on any atom is -0.385 e. The Morgan fingerprint density at radius 3 is 2.27 bits per heavy atom. The van der Waals surface area contributed by atoms with Crippen LogP contribution in [0.25, 0.3) is 0 Å². The van der Waals surface area contributed by atoms with Crippen LogP contribution in [0.4, 0.5) is 0 Å². The molecule has 0 amide bonds. The number of ether oxygens (including phenoxy) is 1. The summed E-state index contributed by atoms with van der Waals surface area (Å²) < 4.78 is 5.03. The van der Waals surface area contributed by atoms with E-state index in [-0.39, 0.29) is 0 Å². The molecule has 0 radical (unpaired) electrons. The van der Waals surface area contributed by atoms with Crippen LogP contribution in [0, 0.1) is 0 Å². The molecular weight excluding hydrogens is 188 g/mol. The number of likely N-dealkylation sites (N-methyl/N-ethyl adjacent to an activating group) is 1. The second kappa shape index (κ2) is 8.08. The van der Waals surface area contributed by atoms with Crippen molar-refractivity contribution in [2.45, 2.75) is 25.7 Å². The molecule has 0 atom stereocenters. The van der Waals surface area contributed by atoms with E-state index in [4.69, 9.17) is 4.74 Å². The Labute approximate surface area is 94.4 Å². The van der Waals surface area contributed by atoms with E-state index < -0.39 is 0 Å². The average Bonchev–Trinajstić information content (AvgIpc) is 2.26. The molecule has 1 saturated heterocycles. The number of methoxy groups -OCH3 is 1. The first-order valence-electron chi connectivity index (χ1n) is 6.23. The van der Waals surface area contributed by atoms with Gasteiger partial charge < -0.3 is 14.5 Å². The van der Waals surface area contributed by atoms with Crippen LogP contribution >= 0.6 is 0 Å². The van der Waals surface area contributed by atoms with E-state index in [1.165, 1.54) is 58.4 Å². The van der Waals surface area contributed by atoms with Gasteiger partial charge in [0.05, 0.1) is 0 Å². The molecule has 1 aliphatic heterocycles. The van der Waals surface area contributed by atoms with Crippen molar-refractivity contribution in [2.24, 2.45) is 0 Å². The highest BCUT2D eigenvalue weighted by atomic mass is 16.5. The Kier molecular flexibility index (Phi) is 6.98. The Morgan fingerprint density at radius 2 is 1.60 bits per heavy atom. The molecule has 0 aromatic rings. The summed E-state index contributed by atoms with van der Waals surface area (Å²) in [6.07, 6.45) is 5.25. The van der Waals surface area contributed by atoms with Gasteiger partial charge in [-0.15, -0.1) is 0 Å². The minimum absolute atomic E-state index is 0.925. The van der Waals surface area contributed by atoms with Crippen molar-refractivity contribution in [3.8, 4) is 0 Å². The van der Waals surface area contributed by atoms with Crippen LogP contribution in [-0.4, -0.2) is 63.3 Å². The Balaban J connectivity index is 1.87.